The third kappa shape index (κ3) is 4.00. The van der Waals surface area contributed by atoms with Crippen LogP contribution in [0.2, 0.25) is 0 Å². The largest absolute Gasteiger partial charge is 0.310 e. The number of pyridine rings is 1. The average molecular weight is 254 g/mol. The van der Waals surface area contributed by atoms with Crippen LogP contribution in [0.4, 0.5) is 0 Å². The van der Waals surface area contributed by atoms with Gasteiger partial charge in [-0.2, -0.15) is 0 Å². The highest BCUT2D eigenvalue weighted by Crippen LogP contribution is 2.11. The molecule has 0 amide bonds. The topological polar surface area (TPSA) is 42.0 Å². The first-order valence-electron chi connectivity index (χ1n) is 6.49. The number of carbonyl (C=O) groups excluding carboxylic acids is 1. The monoisotopic (exact) mass is 254 g/mol. The van der Waals surface area contributed by atoms with Crippen LogP contribution in [0.15, 0.2) is 54.9 Å². The van der Waals surface area contributed by atoms with Crippen LogP contribution in [-0.4, -0.2) is 17.3 Å². The van der Waals surface area contributed by atoms with Gasteiger partial charge in [0.15, 0.2) is 5.78 Å². The number of Topliss-reactive ketones (excluding diaryl/α,β-unsaturated/α-hetero) is 1. The number of aromatic nitrogens is 1. The van der Waals surface area contributed by atoms with Gasteiger partial charge in [0, 0.05) is 37.0 Å². The number of hydrogen-bond acceptors (Lipinski definition) is 3. The molecule has 1 aromatic carbocycles. The predicted molar refractivity (Wildman–Crippen MR) is 76.0 cm³/mol. The summed E-state index contributed by atoms with van der Waals surface area (Å²) in [5.74, 6) is 0.148. The fraction of sp³-hybridized carbons (Fsp3) is 0.250. The Balaban J connectivity index is 1.79. The molecule has 0 aliphatic heterocycles. The van der Waals surface area contributed by atoms with E-state index in [0.717, 1.165) is 5.56 Å². The molecular weight excluding hydrogens is 236 g/mol. The second-order valence-electron chi connectivity index (χ2n) is 4.50. The van der Waals surface area contributed by atoms with E-state index in [1.165, 1.54) is 5.56 Å². The minimum Gasteiger partial charge on any atom is -0.310 e. The molecule has 0 saturated carbocycles. The van der Waals surface area contributed by atoms with Crippen molar-refractivity contribution >= 4 is 5.78 Å². The van der Waals surface area contributed by atoms with E-state index < -0.39 is 0 Å². The standard InChI is InChI=1S/C16H18N2O/c1-13(14-5-3-2-4-6-14)18-12-9-16(19)15-7-10-17-11-8-15/h2-8,10-11,13,18H,9,12H2,1H3. The van der Waals surface area contributed by atoms with Gasteiger partial charge in [-0.25, -0.2) is 0 Å². The molecule has 0 aliphatic rings. The van der Waals surface area contributed by atoms with Crippen molar-refractivity contribution in [3.8, 4) is 0 Å². The van der Waals surface area contributed by atoms with E-state index in [9.17, 15) is 4.79 Å². The number of nitrogens with zero attached hydrogens (tertiary/aromatic N) is 1. The second kappa shape index (κ2) is 6.81. The number of hydrogen-bond donors (Lipinski definition) is 1. The minimum atomic E-state index is 0.148. The summed E-state index contributed by atoms with van der Waals surface area (Å²) in [4.78, 5) is 15.8. The molecule has 0 aliphatic carbocycles. The SMILES string of the molecule is CC(NCCC(=O)c1ccncc1)c1ccccc1. The molecule has 0 spiro atoms. The van der Waals surface area contributed by atoms with Gasteiger partial charge < -0.3 is 5.32 Å². The number of nitrogens with one attached hydrogen (secondary N) is 1. The van der Waals surface area contributed by atoms with Crippen molar-refractivity contribution in [1.29, 1.82) is 0 Å². The Morgan fingerprint density at radius 1 is 1.16 bits per heavy atom. The van der Waals surface area contributed by atoms with Gasteiger partial charge in [0.1, 0.15) is 0 Å². The van der Waals surface area contributed by atoms with E-state index >= 15 is 0 Å². The maximum Gasteiger partial charge on any atom is 0.164 e. The number of carbonyl (C=O) groups is 1. The lowest BCUT2D eigenvalue weighted by molar-refractivity contribution is 0.0981. The van der Waals surface area contributed by atoms with Crippen molar-refractivity contribution < 1.29 is 4.79 Å². The fourth-order valence-electron chi connectivity index (χ4n) is 1.94. The smallest absolute Gasteiger partial charge is 0.164 e. The van der Waals surface area contributed by atoms with Crippen molar-refractivity contribution in [3.05, 3.63) is 66.0 Å². The second-order valence-corrected chi connectivity index (χ2v) is 4.50. The summed E-state index contributed by atoms with van der Waals surface area (Å²) in [6, 6.07) is 14.0. The van der Waals surface area contributed by atoms with Crippen LogP contribution < -0.4 is 5.32 Å². The fourth-order valence-corrected chi connectivity index (χ4v) is 1.94. The highest BCUT2D eigenvalue weighted by atomic mass is 16.1. The molecule has 1 heterocycles. The zero-order valence-electron chi connectivity index (χ0n) is 11.0. The van der Waals surface area contributed by atoms with E-state index in [4.69, 9.17) is 0 Å². The Hall–Kier alpha value is -2.00. The summed E-state index contributed by atoms with van der Waals surface area (Å²) >= 11 is 0. The Morgan fingerprint density at radius 3 is 2.53 bits per heavy atom. The molecule has 1 N–H and O–H groups in total. The molecule has 19 heavy (non-hydrogen) atoms. The molecule has 1 atom stereocenters. The van der Waals surface area contributed by atoms with Crippen LogP contribution in [0.25, 0.3) is 0 Å². The molecule has 3 heteroatoms. The minimum absolute atomic E-state index is 0.148. The highest BCUT2D eigenvalue weighted by Gasteiger charge is 2.07. The van der Waals surface area contributed by atoms with Gasteiger partial charge in [0.05, 0.1) is 0 Å². The Kier molecular flexibility index (Phi) is 4.81. The molecule has 1 aromatic heterocycles. The van der Waals surface area contributed by atoms with Gasteiger partial charge in [0.25, 0.3) is 0 Å². The van der Waals surface area contributed by atoms with Gasteiger partial charge in [0.2, 0.25) is 0 Å². The number of benzene rings is 1. The Morgan fingerprint density at radius 2 is 1.84 bits per heavy atom. The number of rotatable bonds is 6. The highest BCUT2D eigenvalue weighted by molar-refractivity contribution is 5.95. The first-order chi connectivity index (χ1) is 9.27. The summed E-state index contributed by atoms with van der Waals surface area (Å²) in [5, 5.41) is 3.36. The molecular formula is C16H18N2O. The Bertz CT molecular complexity index is 511. The van der Waals surface area contributed by atoms with Crippen molar-refractivity contribution in [1.82, 2.24) is 10.3 Å². The summed E-state index contributed by atoms with van der Waals surface area (Å²) in [6.45, 7) is 2.78. The third-order valence-corrected chi connectivity index (χ3v) is 3.10. The maximum absolute atomic E-state index is 11.9. The lowest BCUT2D eigenvalue weighted by Crippen LogP contribution is -2.22. The van der Waals surface area contributed by atoms with Crippen LogP contribution in [0.3, 0.4) is 0 Å². The molecule has 1 unspecified atom stereocenters. The van der Waals surface area contributed by atoms with Gasteiger partial charge >= 0.3 is 0 Å². The van der Waals surface area contributed by atoms with Crippen molar-refractivity contribution in [2.24, 2.45) is 0 Å². The van der Waals surface area contributed by atoms with Crippen LogP contribution in [-0.2, 0) is 0 Å². The van der Waals surface area contributed by atoms with E-state index in [2.05, 4.69) is 29.4 Å². The van der Waals surface area contributed by atoms with Gasteiger partial charge in [-0.05, 0) is 24.6 Å². The zero-order chi connectivity index (χ0) is 13.5. The Labute approximate surface area is 113 Å². The molecule has 0 radical (unpaired) electrons. The van der Waals surface area contributed by atoms with Gasteiger partial charge in [-0.1, -0.05) is 30.3 Å². The van der Waals surface area contributed by atoms with E-state index in [-0.39, 0.29) is 11.8 Å². The first kappa shape index (κ1) is 13.4. The molecule has 0 fully saturated rings. The van der Waals surface area contributed by atoms with Gasteiger partial charge in [-0.15, -0.1) is 0 Å². The van der Waals surface area contributed by atoms with E-state index in [1.807, 2.05) is 18.2 Å². The quantitative estimate of drug-likeness (QED) is 0.806. The lowest BCUT2D eigenvalue weighted by atomic mass is 10.1. The normalized spacial score (nSPS) is 12.1. The summed E-state index contributed by atoms with van der Waals surface area (Å²) in [7, 11) is 0. The average Bonchev–Trinajstić information content (AvgIpc) is 2.49. The first-order valence-corrected chi connectivity index (χ1v) is 6.49. The van der Waals surface area contributed by atoms with Crippen LogP contribution in [0, 0.1) is 0 Å². The zero-order valence-corrected chi connectivity index (χ0v) is 11.0. The molecule has 2 aromatic rings. The van der Waals surface area contributed by atoms with E-state index in [0.29, 0.717) is 13.0 Å². The molecule has 98 valence electrons. The molecule has 2 rings (SSSR count). The van der Waals surface area contributed by atoms with Crippen LogP contribution in [0.5, 0.6) is 0 Å². The van der Waals surface area contributed by atoms with Crippen LogP contribution in [0.1, 0.15) is 35.3 Å². The molecule has 0 saturated heterocycles. The van der Waals surface area contributed by atoms with Crippen molar-refractivity contribution in [2.75, 3.05) is 6.54 Å². The van der Waals surface area contributed by atoms with Crippen LogP contribution >= 0.6 is 0 Å². The van der Waals surface area contributed by atoms with Gasteiger partial charge in [-0.3, -0.25) is 9.78 Å². The summed E-state index contributed by atoms with van der Waals surface area (Å²) in [6.07, 6.45) is 3.79. The molecule has 0 bridgehead atoms. The number of ketones is 1. The van der Waals surface area contributed by atoms with E-state index in [1.54, 1.807) is 24.5 Å². The third-order valence-electron chi connectivity index (χ3n) is 3.10. The predicted octanol–water partition coefficient (Wildman–Crippen LogP) is 3.01. The summed E-state index contributed by atoms with van der Waals surface area (Å²) < 4.78 is 0. The molecule has 3 nitrogen and oxygen atoms in total. The van der Waals surface area contributed by atoms with Crippen molar-refractivity contribution in [3.63, 3.8) is 0 Å². The summed E-state index contributed by atoms with van der Waals surface area (Å²) in [5.41, 5.74) is 1.96. The maximum atomic E-state index is 11.9. The van der Waals surface area contributed by atoms with Crippen molar-refractivity contribution in [2.45, 2.75) is 19.4 Å². The lowest BCUT2D eigenvalue weighted by Gasteiger charge is -2.13.